The minimum Gasteiger partial charge on any atom is -0.383 e. The summed E-state index contributed by atoms with van der Waals surface area (Å²) in [7, 11) is 0. The van der Waals surface area contributed by atoms with Gasteiger partial charge in [-0.05, 0) is 19.1 Å². The first-order valence-electron chi connectivity index (χ1n) is 4.00. The number of hydrogen-bond donors (Lipinski definition) is 1. The van der Waals surface area contributed by atoms with E-state index < -0.39 is 0 Å². The van der Waals surface area contributed by atoms with Crippen molar-refractivity contribution in [2.45, 2.75) is 6.92 Å². The first-order valence-corrected chi connectivity index (χ1v) is 4.79. The molecule has 0 saturated heterocycles. The Morgan fingerprint density at radius 1 is 1.31 bits per heavy atom. The van der Waals surface area contributed by atoms with Gasteiger partial charge in [0.2, 0.25) is 0 Å². The fraction of sp³-hybridized carbons (Fsp3) is 0.100. The SMILES string of the molecule is Cc1cc2c(Br)cccc2c(N)n1. The van der Waals surface area contributed by atoms with Gasteiger partial charge in [0.1, 0.15) is 5.82 Å². The van der Waals surface area contributed by atoms with E-state index in [1.54, 1.807) is 0 Å². The van der Waals surface area contributed by atoms with Gasteiger partial charge < -0.3 is 5.73 Å². The highest BCUT2D eigenvalue weighted by atomic mass is 79.9. The van der Waals surface area contributed by atoms with E-state index >= 15 is 0 Å². The summed E-state index contributed by atoms with van der Waals surface area (Å²) in [6, 6.07) is 7.96. The van der Waals surface area contributed by atoms with Gasteiger partial charge in [-0.2, -0.15) is 0 Å². The lowest BCUT2D eigenvalue weighted by Crippen LogP contribution is -1.93. The van der Waals surface area contributed by atoms with Crippen LogP contribution in [0.25, 0.3) is 10.8 Å². The van der Waals surface area contributed by atoms with Crippen molar-refractivity contribution >= 4 is 32.5 Å². The van der Waals surface area contributed by atoms with Crippen LogP contribution in [0.1, 0.15) is 5.69 Å². The molecule has 0 aliphatic heterocycles. The summed E-state index contributed by atoms with van der Waals surface area (Å²) in [4.78, 5) is 4.20. The zero-order chi connectivity index (χ0) is 9.42. The summed E-state index contributed by atoms with van der Waals surface area (Å²) in [6.45, 7) is 1.94. The lowest BCUT2D eigenvalue weighted by molar-refractivity contribution is 1.23. The van der Waals surface area contributed by atoms with E-state index in [0.717, 1.165) is 20.9 Å². The average Bonchev–Trinajstić information content (AvgIpc) is 2.07. The van der Waals surface area contributed by atoms with Gasteiger partial charge in [0, 0.05) is 20.9 Å². The normalized spacial score (nSPS) is 10.6. The highest BCUT2D eigenvalue weighted by molar-refractivity contribution is 9.10. The number of hydrogen-bond acceptors (Lipinski definition) is 2. The van der Waals surface area contributed by atoms with Crippen LogP contribution < -0.4 is 5.73 Å². The summed E-state index contributed by atoms with van der Waals surface area (Å²) >= 11 is 3.48. The molecule has 1 heterocycles. The largest absolute Gasteiger partial charge is 0.383 e. The van der Waals surface area contributed by atoms with Gasteiger partial charge in [0.05, 0.1) is 0 Å². The average molecular weight is 237 g/mol. The Hall–Kier alpha value is -1.09. The Morgan fingerprint density at radius 2 is 2.08 bits per heavy atom. The molecule has 0 fully saturated rings. The fourth-order valence-electron chi connectivity index (χ4n) is 1.40. The molecule has 2 aromatic rings. The van der Waals surface area contributed by atoms with Crippen molar-refractivity contribution in [2.75, 3.05) is 5.73 Å². The van der Waals surface area contributed by atoms with E-state index in [2.05, 4.69) is 20.9 Å². The van der Waals surface area contributed by atoms with Gasteiger partial charge in [0.15, 0.2) is 0 Å². The van der Waals surface area contributed by atoms with Gasteiger partial charge in [-0.25, -0.2) is 4.98 Å². The Bertz CT molecular complexity index is 466. The Morgan fingerprint density at radius 3 is 2.85 bits per heavy atom. The molecule has 13 heavy (non-hydrogen) atoms. The van der Waals surface area contributed by atoms with Crippen LogP contribution in [0.4, 0.5) is 5.82 Å². The number of rotatable bonds is 0. The molecule has 0 saturated carbocycles. The molecule has 0 radical (unpaired) electrons. The van der Waals surface area contributed by atoms with Gasteiger partial charge in [0.25, 0.3) is 0 Å². The second-order valence-electron chi connectivity index (χ2n) is 2.98. The third-order valence-corrected chi connectivity index (χ3v) is 2.67. The molecule has 2 nitrogen and oxygen atoms in total. The van der Waals surface area contributed by atoms with Crippen molar-refractivity contribution in [1.82, 2.24) is 4.98 Å². The van der Waals surface area contributed by atoms with Crippen LogP contribution in [0, 0.1) is 6.92 Å². The maximum atomic E-state index is 5.79. The second-order valence-corrected chi connectivity index (χ2v) is 3.84. The molecule has 0 aliphatic carbocycles. The van der Waals surface area contributed by atoms with E-state index in [4.69, 9.17) is 5.73 Å². The molecule has 0 bridgehead atoms. The zero-order valence-electron chi connectivity index (χ0n) is 7.21. The van der Waals surface area contributed by atoms with Crippen molar-refractivity contribution < 1.29 is 0 Å². The van der Waals surface area contributed by atoms with Crippen molar-refractivity contribution in [1.29, 1.82) is 0 Å². The third kappa shape index (κ3) is 1.40. The van der Waals surface area contributed by atoms with E-state index in [1.165, 1.54) is 0 Å². The van der Waals surface area contributed by atoms with Gasteiger partial charge in [-0.1, -0.05) is 28.1 Å². The number of nitrogens with two attached hydrogens (primary N) is 1. The molecule has 3 heteroatoms. The van der Waals surface area contributed by atoms with E-state index in [9.17, 15) is 0 Å². The fourth-order valence-corrected chi connectivity index (χ4v) is 1.88. The second kappa shape index (κ2) is 3.00. The number of nitrogens with zero attached hydrogens (tertiary/aromatic N) is 1. The molecule has 0 unspecified atom stereocenters. The quantitative estimate of drug-likeness (QED) is 0.765. The maximum Gasteiger partial charge on any atom is 0.131 e. The molecular formula is C10H9BrN2. The standard InChI is InChI=1S/C10H9BrN2/c1-6-5-8-7(10(12)13-6)3-2-4-9(8)11/h2-5H,1H3,(H2,12,13). The highest BCUT2D eigenvalue weighted by Crippen LogP contribution is 2.27. The molecule has 2 N–H and O–H groups in total. The number of pyridine rings is 1. The van der Waals surface area contributed by atoms with E-state index in [1.807, 2.05) is 31.2 Å². The smallest absolute Gasteiger partial charge is 0.131 e. The van der Waals surface area contributed by atoms with Crippen molar-refractivity contribution in [3.8, 4) is 0 Å². The topological polar surface area (TPSA) is 38.9 Å². The Balaban J connectivity index is 2.94. The van der Waals surface area contributed by atoms with Crippen molar-refractivity contribution in [3.63, 3.8) is 0 Å². The summed E-state index contributed by atoms with van der Waals surface area (Å²) in [6.07, 6.45) is 0. The van der Waals surface area contributed by atoms with Crippen molar-refractivity contribution in [2.24, 2.45) is 0 Å². The highest BCUT2D eigenvalue weighted by Gasteiger charge is 2.02. The van der Waals surface area contributed by atoms with E-state index in [0.29, 0.717) is 5.82 Å². The molecular weight excluding hydrogens is 228 g/mol. The molecule has 66 valence electrons. The summed E-state index contributed by atoms with van der Waals surface area (Å²) < 4.78 is 1.06. The predicted molar refractivity (Wildman–Crippen MR) is 58.6 cm³/mol. The maximum absolute atomic E-state index is 5.79. The molecule has 0 aliphatic rings. The number of aromatic nitrogens is 1. The molecule has 0 atom stereocenters. The number of aryl methyl sites for hydroxylation is 1. The first-order chi connectivity index (χ1) is 6.18. The van der Waals surface area contributed by atoms with Crippen LogP contribution in [0.2, 0.25) is 0 Å². The van der Waals surface area contributed by atoms with E-state index in [-0.39, 0.29) is 0 Å². The van der Waals surface area contributed by atoms with Gasteiger partial charge in [-0.3, -0.25) is 0 Å². The van der Waals surface area contributed by atoms with Crippen LogP contribution in [-0.2, 0) is 0 Å². The van der Waals surface area contributed by atoms with Crippen molar-refractivity contribution in [3.05, 3.63) is 34.4 Å². The first kappa shape index (κ1) is 8.51. The summed E-state index contributed by atoms with van der Waals surface area (Å²) in [5, 5.41) is 2.12. The zero-order valence-corrected chi connectivity index (χ0v) is 8.80. The number of halogens is 1. The van der Waals surface area contributed by atoms with Crippen LogP contribution >= 0.6 is 15.9 Å². The minimum absolute atomic E-state index is 0.594. The monoisotopic (exact) mass is 236 g/mol. The Kier molecular flexibility index (Phi) is 1.96. The van der Waals surface area contributed by atoms with Crippen LogP contribution in [0.3, 0.4) is 0 Å². The summed E-state index contributed by atoms with van der Waals surface area (Å²) in [5.41, 5.74) is 6.74. The lowest BCUT2D eigenvalue weighted by Gasteiger charge is -2.04. The number of fused-ring (bicyclic) bond motifs is 1. The molecule has 0 amide bonds. The number of anilines is 1. The minimum atomic E-state index is 0.594. The summed E-state index contributed by atoms with van der Waals surface area (Å²) in [5.74, 6) is 0.594. The van der Waals surface area contributed by atoms with Crippen LogP contribution in [0.15, 0.2) is 28.7 Å². The van der Waals surface area contributed by atoms with Crippen LogP contribution in [-0.4, -0.2) is 4.98 Å². The van der Waals surface area contributed by atoms with Gasteiger partial charge in [-0.15, -0.1) is 0 Å². The Labute approximate surface area is 84.9 Å². The molecule has 2 rings (SSSR count). The third-order valence-electron chi connectivity index (χ3n) is 1.98. The lowest BCUT2D eigenvalue weighted by atomic mass is 10.1. The predicted octanol–water partition coefficient (Wildman–Crippen LogP) is 2.89. The molecule has 1 aromatic heterocycles. The van der Waals surface area contributed by atoms with Gasteiger partial charge >= 0.3 is 0 Å². The number of benzene rings is 1. The molecule has 1 aromatic carbocycles. The number of nitrogen functional groups attached to an aromatic ring is 1. The molecule has 0 spiro atoms. The van der Waals surface area contributed by atoms with Crippen LogP contribution in [0.5, 0.6) is 0 Å².